The summed E-state index contributed by atoms with van der Waals surface area (Å²) in [7, 11) is 3.79. The van der Waals surface area contributed by atoms with Crippen molar-refractivity contribution in [1.82, 2.24) is 10.2 Å². The van der Waals surface area contributed by atoms with Gasteiger partial charge in [-0.25, -0.2) is 0 Å². The second kappa shape index (κ2) is 7.86. The molecule has 2 N–H and O–H groups in total. The summed E-state index contributed by atoms with van der Waals surface area (Å²) in [6.45, 7) is 1.79. The number of aryl methyl sites for hydroxylation is 1. The molecule has 1 aromatic rings. The molecule has 1 aromatic carbocycles. The minimum Gasteiger partial charge on any atom is -0.347 e. The zero-order valence-corrected chi connectivity index (χ0v) is 15.4. The van der Waals surface area contributed by atoms with Crippen molar-refractivity contribution in [2.75, 3.05) is 43.9 Å². The van der Waals surface area contributed by atoms with Crippen molar-refractivity contribution in [3.8, 4) is 0 Å². The Kier molecular flexibility index (Phi) is 5.56. The summed E-state index contributed by atoms with van der Waals surface area (Å²) in [5.41, 5.74) is 2.50. The number of anilines is 2. The molecule has 1 saturated carbocycles. The van der Waals surface area contributed by atoms with Gasteiger partial charge in [0.15, 0.2) is 0 Å². The van der Waals surface area contributed by atoms with E-state index >= 15 is 0 Å². The monoisotopic (exact) mass is 358 g/mol. The van der Waals surface area contributed by atoms with E-state index in [4.69, 9.17) is 0 Å². The Hall–Kier alpha value is -2.41. The van der Waals surface area contributed by atoms with E-state index in [0.717, 1.165) is 36.9 Å². The molecule has 0 atom stereocenters. The van der Waals surface area contributed by atoms with Crippen molar-refractivity contribution < 1.29 is 14.4 Å². The fraction of sp³-hybridized carbons (Fsp3) is 0.526. The molecule has 1 fully saturated rings. The highest BCUT2D eigenvalue weighted by Crippen LogP contribution is 2.36. The molecule has 2 aliphatic rings. The van der Waals surface area contributed by atoms with Crippen molar-refractivity contribution in [3.63, 3.8) is 0 Å². The van der Waals surface area contributed by atoms with Gasteiger partial charge in [-0.2, -0.15) is 0 Å². The van der Waals surface area contributed by atoms with Crippen molar-refractivity contribution in [2.24, 2.45) is 5.92 Å². The Balaban J connectivity index is 1.65. The van der Waals surface area contributed by atoms with Crippen molar-refractivity contribution >= 4 is 29.1 Å². The average Bonchev–Trinajstić information content (AvgIpc) is 3.45. The molecule has 1 heterocycles. The number of likely N-dealkylation sites (N-methyl/N-ethyl adjacent to an activating group) is 1. The van der Waals surface area contributed by atoms with Gasteiger partial charge in [-0.1, -0.05) is 6.07 Å². The van der Waals surface area contributed by atoms with Crippen LogP contribution in [0, 0.1) is 5.92 Å². The van der Waals surface area contributed by atoms with Crippen LogP contribution in [0.5, 0.6) is 0 Å². The van der Waals surface area contributed by atoms with Gasteiger partial charge in [0.2, 0.25) is 5.91 Å². The highest BCUT2D eigenvalue weighted by Gasteiger charge is 2.35. The van der Waals surface area contributed by atoms with E-state index in [9.17, 15) is 14.4 Å². The van der Waals surface area contributed by atoms with Crippen LogP contribution in [0.4, 0.5) is 11.4 Å². The first kappa shape index (κ1) is 18.4. The Labute approximate surface area is 153 Å². The van der Waals surface area contributed by atoms with Gasteiger partial charge in [-0.3, -0.25) is 14.4 Å². The lowest BCUT2D eigenvalue weighted by Crippen LogP contribution is -2.39. The van der Waals surface area contributed by atoms with Crippen LogP contribution < -0.4 is 15.5 Å². The van der Waals surface area contributed by atoms with Crippen molar-refractivity contribution in [2.45, 2.75) is 25.7 Å². The third-order valence-corrected chi connectivity index (χ3v) is 4.71. The topological polar surface area (TPSA) is 81.8 Å². The van der Waals surface area contributed by atoms with Crippen LogP contribution in [0.2, 0.25) is 0 Å². The number of fused-ring (bicyclic) bond motifs is 1. The molecule has 0 radical (unpaired) electrons. The highest BCUT2D eigenvalue weighted by atomic mass is 16.2. The average molecular weight is 358 g/mol. The Morgan fingerprint density at radius 1 is 1.19 bits per heavy atom. The normalized spacial score (nSPS) is 16.2. The number of carbonyl (C=O) groups excluding carboxylic acids is 3. The Bertz CT molecular complexity index is 713. The van der Waals surface area contributed by atoms with Crippen molar-refractivity contribution in [1.29, 1.82) is 0 Å². The number of hydrogen-bond acceptors (Lipinski definition) is 4. The summed E-state index contributed by atoms with van der Waals surface area (Å²) >= 11 is 0. The molecule has 0 bridgehead atoms. The molecule has 26 heavy (non-hydrogen) atoms. The highest BCUT2D eigenvalue weighted by molar-refractivity contribution is 6.39. The molecule has 0 saturated heterocycles. The molecule has 140 valence electrons. The number of carbonyl (C=O) groups is 3. The van der Waals surface area contributed by atoms with Gasteiger partial charge >= 0.3 is 11.8 Å². The fourth-order valence-electron chi connectivity index (χ4n) is 3.09. The van der Waals surface area contributed by atoms with Gasteiger partial charge < -0.3 is 20.4 Å². The van der Waals surface area contributed by atoms with E-state index in [0.29, 0.717) is 25.3 Å². The maximum absolute atomic E-state index is 12.5. The zero-order chi connectivity index (χ0) is 18.7. The molecule has 3 amide bonds. The van der Waals surface area contributed by atoms with Gasteiger partial charge in [0.1, 0.15) is 0 Å². The van der Waals surface area contributed by atoms with Crippen LogP contribution in [0.3, 0.4) is 0 Å². The van der Waals surface area contributed by atoms with E-state index in [1.807, 2.05) is 30.0 Å². The summed E-state index contributed by atoms with van der Waals surface area (Å²) in [6.07, 6.45) is 3.80. The molecular formula is C19H26N4O3. The van der Waals surface area contributed by atoms with Gasteiger partial charge in [0.25, 0.3) is 0 Å². The maximum atomic E-state index is 12.5. The van der Waals surface area contributed by atoms with Gasteiger partial charge in [0, 0.05) is 36.9 Å². The summed E-state index contributed by atoms with van der Waals surface area (Å²) in [6, 6.07) is 5.52. The lowest BCUT2D eigenvalue weighted by atomic mass is 10.0. The number of nitrogens with one attached hydrogen (secondary N) is 2. The smallest absolute Gasteiger partial charge is 0.313 e. The number of benzene rings is 1. The van der Waals surface area contributed by atoms with Crippen LogP contribution >= 0.6 is 0 Å². The largest absolute Gasteiger partial charge is 0.347 e. The predicted octanol–water partition coefficient (Wildman–Crippen LogP) is 0.992. The minimum absolute atomic E-state index is 0.154. The van der Waals surface area contributed by atoms with Gasteiger partial charge in [0.05, 0.1) is 0 Å². The lowest BCUT2D eigenvalue weighted by Gasteiger charge is -2.30. The van der Waals surface area contributed by atoms with E-state index in [1.165, 1.54) is 0 Å². The number of hydrogen-bond donors (Lipinski definition) is 2. The molecule has 0 aromatic heterocycles. The van der Waals surface area contributed by atoms with E-state index in [1.54, 1.807) is 12.1 Å². The standard InChI is InChI=1S/C19H26N4O3/c1-22(2)11-9-20-17(24)18(25)21-15-8-7-13-4-3-10-23(16(13)12-15)19(26)14-5-6-14/h7-8,12,14H,3-6,9-11H2,1-2H3,(H,20,24)(H,21,25). The number of rotatable bonds is 5. The van der Waals surface area contributed by atoms with Crippen LogP contribution in [0.15, 0.2) is 18.2 Å². The Morgan fingerprint density at radius 2 is 1.96 bits per heavy atom. The van der Waals surface area contributed by atoms with Crippen LogP contribution in [-0.4, -0.2) is 56.4 Å². The Morgan fingerprint density at radius 3 is 2.65 bits per heavy atom. The first-order chi connectivity index (χ1) is 12.5. The third kappa shape index (κ3) is 4.40. The minimum atomic E-state index is -0.695. The summed E-state index contributed by atoms with van der Waals surface area (Å²) < 4.78 is 0. The maximum Gasteiger partial charge on any atom is 0.313 e. The number of nitrogens with zero attached hydrogens (tertiary/aromatic N) is 2. The fourth-order valence-corrected chi connectivity index (χ4v) is 3.09. The van der Waals surface area contributed by atoms with E-state index < -0.39 is 11.8 Å². The molecule has 1 aliphatic heterocycles. The third-order valence-electron chi connectivity index (χ3n) is 4.71. The first-order valence-corrected chi connectivity index (χ1v) is 9.14. The van der Waals surface area contributed by atoms with Gasteiger partial charge in [-0.15, -0.1) is 0 Å². The zero-order valence-electron chi connectivity index (χ0n) is 15.4. The van der Waals surface area contributed by atoms with Crippen LogP contribution in [0.25, 0.3) is 0 Å². The molecule has 7 nitrogen and oxygen atoms in total. The molecular weight excluding hydrogens is 332 g/mol. The second-order valence-electron chi connectivity index (χ2n) is 7.22. The molecule has 0 unspecified atom stereocenters. The number of amides is 3. The molecule has 3 rings (SSSR count). The van der Waals surface area contributed by atoms with E-state index in [-0.39, 0.29) is 11.8 Å². The molecule has 1 aliphatic carbocycles. The predicted molar refractivity (Wildman–Crippen MR) is 100 cm³/mol. The summed E-state index contributed by atoms with van der Waals surface area (Å²) in [5.74, 6) is -1.02. The summed E-state index contributed by atoms with van der Waals surface area (Å²) in [4.78, 5) is 40.2. The first-order valence-electron chi connectivity index (χ1n) is 9.14. The quantitative estimate of drug-likeness (QED) is 0.769. The summed E-state index contributed by atoms with van der Waals surface area (Å²) in [5, 5.41) is 5.22. The molecule has 7 heteroatoms. The van der Waals surface area contributed by atoms with Crippen molar-refractivity contribution in [3.05, 3.63) is 23.8 Å². The van der Waals surface area contributed by atoms with E-state index in [2.05, 4.69) is 10.6 Å². The van der Waals surface area contributed by atoms with Crippen LogP contribution in [-0.2, 0) is 20.8 Å². The SMILES string of the molecule is CN(C)CCNC(=O)C(=O)Nc1ccc2c(c1)N(C(=O)C1CC1)CCC2. The molecule has 0 spiro atoms. The second-order valence-corrected chi connectivity index (χ2v) is 7.22. The lowest BCUT2D eigenvalue weighted by molar-refractivity contribution is -0.136. The van der Waals surface area contributed by atoms with Crippen LogP contribution in [0.1, 0.15) is 24.8 Å². The van der Waals surface area contributed by atoms with Gasteiger partial charge in [-0.05, 0) is 57.5 Å².